The fourth-order valence-corrected chi connectivity index (χ4v) is 2.75. The SMILES string of the molecule is CCCC(=O)Nc1ccccc1NC(=O)c1cccc2ccccc12. The highest BCUT2D eigenvalue weighted by Crippen LogP contribution is 2.24. The van der Waals surface area contributed by atoms with Gasteiger partial charge in [-0.25, -0.2) is 0 Å². The average molecular weight is 332 g/mol. The van der Waals surface area contributed by atoms with Crippen molar-refractivity contribution in [1.82, 2.24) is 0 Å². The Morgan fingerprint density at radius 2 is 1.44 bits per heavy atom. The maximum Gasteiger partial charge on any atom is 0.256 e. The molecule has 0 bridgehead atoms. The van der Waals surface area contributed by atoms with Gasteiger partial charge in [-0.3, -0.25) is 9.59 Å². The summed E-state index contributed by atoms with van der Waals surface area (Å²) in [5, 5.41) is 7.68. The van der Waals surface area contributed by atoms with Crippen molar-refractivity contribution in [3.63, 3.8) is 0 Å². The quantitative estimate of drug-likeness (QED) is 0.703. The Morgan fingerprint density at radius 1 is 0.800 bits per heavy atom. The van der Waals surface area contributed by atoms with Crippen LogP contribution < -0.4 is 10.6 Å². The smallest absolute Gasteiger partial charge is 0.256 e. The van der Waals surface area contributed by atoms with Crippen molar-refractivity contribution >= 4 is 34.0 Å². The molecule has 3 aromatic carbocycles. The summed E-state index contributed by atoms with van der Waals surface area (Å²) in [6, 6.07) is 20.6. The number of nitrogens with one attached hydrogen (secondary N) is 2. The van der Waals surface area contributed by atoms with Crippen LogP contribution in [0.1, 0.15) is 30.1 Å². The number of hydrogen-bond acceptors (Lipinski definition) is 2. The summed E-state index contributed by atoms with van der Waals surface area (Å²) in [6.45, 7) is 1.95. The van der Waals surface area contributed by atoms with E-state index in [4.69, 9.17) is 0 Å². The van der Waals surface area contributed by atoms with Gasteiger partial charge in [-0.05, 0) is 35.4 Å². The molecular weight excluding hydrogens is 312 g/mol. The summed E-state index contributed by atoms with van der Waals surface area (Å²) in [4.78, 5) is 24.6. The van der Waals surface area contributed by atoms with E-state index in [0.29, 0.717) is 23.4 Å². The number of benzene rings is 3. The second-order valence-corrected chi connectivity index (χ2v) is 5.82. The number of hydrogen-bond donors (Lipinski definition) is 2. The second kappa shape index (κ2) is 7.62. The topological polar surface area (TPSA) is 58.2 Å². The van der Waals surface area contributed by atoms with E-state index in [-0.39, 0.29) is 11.8 Å². The van der Waals surface area contributed by atoms with Gasteiger partial charge in [0.2, 0.25) is 5.91 Å². The van der Waals surface area contributed by atoms with Gasteiger partial charge in [-0.1, -0.05) is 55.5 Å². The molecule has 0 heterocycles. The van der Waals surface area contributed by atoms with E-state index in [1.165, 1.54) is 0 Å². The zero-order chi connectivity index (χ0) is 17.6. The minimum absolute atomic E-state index is 0.0608. The highest BCUT2D eigenvalue weighted by molar-refractivity contribution is 6.14. The first-order chi connectivity index (χ1) is 12.2. The monoisotopic (exact) mass is 332 g/mol. The van der Waals surface area contributed by atoms with Crippen LogP contribution in [0.3, 0.4) is 0 Å². The maximum absolute atomic E-state index is 12.8. The molecule has 0 fully saturated rings. The van der Waals surface area contributed by atoms with Crippen LogP contribution in [0.25, 0.3) is 10.8 Å². The van der Waals surface area contributed by atoms with Crippen molar-refractivity contribution in [3.8, 4) is 0 Å². The highest BCUT2D eigenvalue weighted by atomic mass is 16.2. The summed E-state index contributed by atoms with van der Waals surface area (Å²) < 4.78 is 0. The number of fused-ring (bicyclic) bond motifs is 1. The van der Waals surface area contributed by atoms with Gasteiger partial charge in [0.05, 0.1) is 11.4 Å². The Balaban J connectivity index is 1.87. The molecule has 0 aliphatic carbocycles. The summed E-state index contributed by atoms with van der Waals surface area (Å²) in [7, 11) is 0. The fraction of sp³-hybridized carbons (Fsp3) is 0.143. The van der Waals surface area contributed by atoms with Crippen LogP contribution in [0.4, 0.5) is 11.4 Å². The normalized spacial score (nSPS) is 10.4. The number of carbonyl (C=O) groups excluding carboxylic acids is 2. The molecule has 4 nitrogen and oxygen atoms in total. The van der Waals surface area contributed by atoms with E-state index in [1.54, 1.807) is 18.2 Å². The van der Waals surface area contributed by atoms with Crippen molar-refractivity contribution in [2.75, 3.05) is 10.6 Å². The largest absolute Gasteiger partial charge is 0.324 e. The molecule has 25 heavy (non-hydrogen) atoms. The second-order valence-electron chi connectivity index (χ2n) is 5.82. The molecule has 0 unspecified atom stereocenters. The Hall–Kier alpha value is -3.14. The summed E-state index contributed by atoms with van der Waals surface area (Å²) in [6.07, 6.45) is 1.22. The van der Waals surface area contributed by atoms with Crippen molar-refractivity contribution in [2.24, 2.45) is 0 Å². The van der Waals surface area contributed by atoms with E-state index in [1.807, 2.05) is 55.5 Å². The number of para-hydroxylation sites is 2. The third-order valence-electron chi connectivity index (χ3n) is 3.96. The predicted octanol–water partition coefficient (Wildman–Crippen LogP) is 4.83. The number of rotatable bonds is 5. The van der Waals surface area contributed by atoms with E-state index < -0.39 is 0 Å². The first-order valence-electron chi connectivity index (χ1n) is 8.37. The van der Waals surface area contributed by atoms with E-state index in [2.05, 4.69) is 10.6 Å². The third kappa shape index (κ3) is 3.86. The molecule has 0 aromatic heterocycles. The molecule has 0 aliphatic rings. The lowest BCUT2D eigenvalue weighted by Gasteiger charge is -2.13. The molecule has 3 aromatic rings. The van der Waals surface area contributed by atoms with Gasteiger partial charge < -0.3 is 10.6 Å². The van der Waals surface area contributed by atoms with Crippen LogP contribution in [0.15, 0.2) is 66.7 Å². The molecule has 0 radical (unpaired) electrons. The molecular formula is C21H20N2O2. The average Bonchev–Trinajstić information content (AvgIpc) is 2.63. The van der Waals surface area contributed by atoms with Crippen LogP contribution in [0.5, 0.6) is 0 Å². The first-order valence-corrected chi connectivity index (χ1v) is 8.37. The summed E-state index contributed by atoms with van der Waals surface area (Å²) >= 11 is 0. The molecule has 0 saturated heterocycles. The number of carbonyl (C=O) groups is 2. The lowest BCUT2D eigenvalue weighted by Crippen LogP contribution is -2.16. The van der Waals surface area contributed by atoms with Gasteiger partial charge in [0.1, 0.15) is 0 Å². The van der Waals surface area contributed by atoms with Gasteiger partial charge in [0.25, 0.3) is 5.91 Å². The van der Waals surface area contributed by atoms with Crippen LogP contribution in [-0.4, -0.2) is 11.8 Å². The summed E-state index contributed by atoms with van der Waals surface area (Å²) in [5.74, 6) is -0.261. The lowest BCUT2D eigenvalue weighted by molar-refractivity contribution is -0.116. The van der Waals surface area contributed by atoms with Crippen LogP contribution in [0, 0.1) is 0 Å². The Labute approximate surface area is 146 Å². The molecule has 3 rings (SSSR count). The fourth-order valence-electron chi connectivity index (χ4n) is 2.75. The Kier molecular flexibility index (Phi) is 5.09. The zero-order valence-corrected chi connectivity index (χ0v) is 14.1. The minimum atomic E-state index is -0.200. The van der Waals surface area contributed by atoms with Crippen molar-refractivity contribution in [3.05, 3.63) is 72.3 Å². The predicted molar refractivity (Wildman–Crippen MR) is 102 cm³/mol. The first kappa shape index (κ1) is 16.7. The molecule has 0 saturated carbocycles. The van der Waals surface area contributed by atoms with Crippen LogP contribution in [0.2, 0.25) is 0 Å². The zero-order valence-electron chi connectivity index (χ0n) is 14.1. The van der Waals surface area contributed by atoms with Crippen molar-refractivity contribution in [1.29, 1.82) is 0 Å². The molecule has 0 atom stereocenters. The maximum atomic E-state index is 12.8. The van der Waals surface area contributed by atoms with Crippen LogP contribution >= 0.6 is 0 Å². The van der Waals surface area contributed by atoms with Gasteiger partial charge in [0, 0.05) is 12.0 Å². The van der Waals surface area contributed by atoms with Crippen LogP contribution in [-0.2, 0) is 4.79 Å². The third-order valence-corrected chi connectivity index (χ3v) is 3.96. The molecule has 0 spiro atoms. The molecule has 0 aliphatic heterocycles. The van der Waals surface area contributed by atoms with E-state index in [9.17, 15) is 9.59 Å². The molecule has 2 N–H and O–H groups in total. The van der Waals surface area contributed by atoms with E-state index in [0.717, 1.165) is 17.2 Å². The van der Waals surface area contributed by atoms with Gasteiger partial charge in [-0.2, -0.15) is 0 Å². The van der Waals surface area contributed by atoms with Gasteiger partial charge in [-0.15, -0.1) is 0 Å². The summed E-state index contributed by atoms with van der Waals surface area (Å²) in [5.41, 5.74) is 1.80. The van der Waals surface area contributed by atoms with Gasteiger partial charge >= 0.3 is 0 Å². The van der Waals surface area contributed by atoms with E-state index >= 15 is 0 Å². The lowest BCUT2D eigenvalue weighted by atomic mass is 10.0. The molecule has 4 heteroatoms. The number of anilines is 2. The molecule has 2 amide bonds. The molecule has 126 valence electrons. The van der Waals surface area contributed by atoms with Crippen molar-refractivity contribution < 1.29 is 9.59 Å². The Bertz CT molecular complexity index is 913. The van der Waals surface area contributed by atoms with Crippen molar-refractivity contribution in [2.45, 2.75) is 19.8 Å². The highest BCUT2D eigenvalue weighted by Gasteiger charge is 2.12. The number of amides is 2. The van der Waals surface area contributed by atoms with Gasteiger partial charge in [0.15, 0.2) is 0 Å². The minimum Gasteiger partial charge on any atom is -0.324 e. The standard InChI is InChI=1S/C21H20N2O2/c1-2-8-20(24)22-18-13-5-6-14-19(18)23-21(25)17-12-7-10-15-9-3-4-11-16(15)17/h3-7,9-14H,2,8H2,1H3,(H,22,24)(H,23,25). The Morgan fingerprint density at radius 3 is 2.20 bits per heavy atom.